The summed E-state index contributed by atoms with van der Waals surface area (Å²) in [6, 6.07) is 13.3. The third kappa shape index (κ3) is 3.58. The molecule has 1 aliphatic rings. The molecular weight excluding hydrogens is 355 g/mol. The fraction of sp³-hybridized carbons (Fsp3) is 0.300. The summed E-state index contributed by atoms with van der Waals surface area (Å²) in [5.41, 5.74) is 1.18. The molecule has 1 saturated heterocycles. The number of rotatable bonds is 4. The van der Waals surface area contributed by atoms with E-state index in [1.54, 1.807) is 42.3 Å². The number of amides is 2. The maximum absolute atomic E-state index is 14.0. The molecule has 136 valence electrons. The molecule has 2 aromatic carbocycles. The van der Waals surface area contributed by atoms with Gasteiger partial charge in [0.1, 0.15) is 5.82 Å². The van der Waals surface area contributed by atoms with Gasteiger partial charge in [0.05, 0.1) is 17.6 Å². The van der Waals surface area contributed by atoms with Crippen molar-refractivity contribution in [3.8, 4) is 0 Å². The normalized spacial score (nSPS) is 18.1. The lowest BCUT2D eigenvalue weighted by atomic mass is 10.0. The second kappa shape index (κ2) is 7.46. The van der Waals surface area contributed by atoms with Crippen LogP contribution in [0.2, 0.25) is 5.02 Å². The smallest absolute Gasteiger partial charge is 0.228 e. The Morgan fingerprint density at radius 1 is 1.23 bits per heavy atom. The van der Waals surface area contributed by atoms with Crippen LogP contribution in [-0.2, 0) is 9.59 Å². The molecule has 0 radical (unpaired) electrons. The maximum atomic E-state index is 14.0. The summed E-state index contributed by atoms with van der Waals surface area (Å²) in [7, 11) is 1.72. The first-order chi connectivity index (χ1) is 12.4. The summed E-state index contributed by atoms with van der Waals surface area (Å²) in [6.07, 6.45) is 0.0881. The zero-order valence-electron chi connectivity index (χ0n) is 14.7. The maximum Gasteiger partial charge on any atom is 0.228 e. The highest BCUT2D eigenvalue weighted by Gasteiger charge is 2.38. The monoisotopic (exact) mass is 374 g/mol. The van der Waals surface area contributed by atoms with E-state index in [0.29, 0.717) is 5.02 Å². The largest absolute Gasteiger partial charge is 0.339 e. The minimum atomic E-state index is -0.484. The number of anilines is 1. The van der Waals surface area contributed by atoms with Gasteiger partial charge in [-0.05, 0) is 36.8 Å². The Labute approximate surface area is 157 Å². The van der Waals surface area contributed by atoms with Crippen molar-refractivity contribution in [2.24, 2.45) is 5.92 Å². The van der Waals surface area contributed by atoms with E-state index in [9.17, 15) is 14.0 Å². The number of nitrogens with zero attached hydrogens (tertiary/aromatic N) is 2. The Bertz CT molecular complexity index is 825. The molecule has 4 nitrogen and oxygen atoms in total. The standard InChI is InChI=1S/C20H20ClFN2O2/c1-13(14-7-9-16(21)10-8-14)23(2)20(26)15-11-19(25)24(12-15)18-6-4-3-5-17(18)22/h3-10,13,15H,11-12H2,1-2H3. The van der Waals surface area contributed by atoms with Crippen LogP contribution in [0.25, 0.3) is 0 Å². The van der Waals surface area contributed by atoms with E-state index >= 15 is 0 Å². The molecule has 2 amide bonds. The van der Waals surface area contributed by atoms with Crippen molar-refractivity contribution < 1.29 is 14.0 Å². The second-order valence-electron chi connectivity index (χ2n) is 6.53. The van der Waals surface area contributed by atoms with Gasteiger partial charge in [0.25, 0.3) is 0 Å². The van der Waals surface area contributed by atoms with Gasteiger partial charge in [-0.3, -0.25) is 9.59 Å². The third-order valence-corrected chi connectivity index (χ3v) is 5.15. The number of hydrogen-bond donors (Lipinski definition) is 0. The molecule has 0 aliphatic carbocycles. The van der Waals surface area contributed by atoms with Crippen LogP contribution in [-0.4, -0.2) is 30.3 Å². The Morgan fingerprint density at radius 3 is 2.54 bits per heavy atom. The number of para-hydroxylation sites is 1. The predicted molar refractivity (Wildman–Crippen MR) is 99.5 cm³/mol. The SMILES string of the molecule is CC(c1ccc(Cl)cc1)N(C)C(=O)C1CC(=O)N(c2ccccc2F)C1. The molecule has 1 fully saturated rings. The van der Waals surface area contributed by atoms with Gasteiger partial charge in [0.15, 0.2) is 0 Å². The van der Waals surface area contributed by atoms with Crippen LogP contribution in [0.15, 0.2) is 48.5 Å². The molecule has 26 heavy (non-hydrogen) atoms. The highest BCUT2D eigenvalue weighted by Crippen LogP contribution is 2.30. The topological polar surface area (TPSA) is 40.6 Å². The third-order valence-electron chi connectivity index (χ3n) is 4.90. The Morgan fingerprint density at radius 2 is 1.88 bits per heavy atom. The van der Waals surface area contributed by atoms with E-state index in [4.69, 9.17) is 11.6 Å². The van der Waals surface area contributed by atoms with Gasteiger partial charge in [-0.15, -0.1) is 0 Å². The lowest BCUT2D eigenvalue weighted by Gasteiger charge is -2.28. The molecule has 2 atom stereocenters. The van der Waals surface area contributed by atoms with E-state index in [2.05, 4.69) is 0 Å². The summed E-state index contributed by atoms with van der Waals surface area (Å²) in [5, 5.41) is 0.636. The number of halogens is 2. The molecule has 0 saturated carbocycles. The quantitative estimate of drug-likeness (QED) is 0.810. The molecule has 1 aliphatic heterocycles. The van der Waals surface area contributed by atoms with Crippen LogP contribution in [0.3, 0.4) is 0 Å². The summed E-state index contributed by atoms with van der Waals surface area (Å²) in [6.45, 7) is 2.11. The predicted octanol–water partition coefficient (Wildman–Crippen LogP) is 4.05. The average molecular weight is 375 g/mol. The molecule has 3 rings (SSSR count). The van der Waals surface area contributed by atoms with Crippen LogP contribution in [0.4, 0.5) is 10.1 Å². The van der Waals surface area contributed by atoms with Crippen molar-refractivity contribution in [1.29, 1.82) is 0 Å². The van der Waals surface area contributed by atoms with Gasteiger partial charge in [0, 0.05) is 25.0 Å². The highest BCUT2D eigenvalue weighted by molar-refractivity contribution is 6.30. The molecule has 2 aromatic rings. The Kier molecular flexibility index (Phi) is 5.28. The second-order valence-corrected chi connectivity index (χ2v) is 6.97. The first-order valence-corrected chi connectivity index (χ1v) is 8.83. The van der Waals surface area contributed by atoms with Crippen LogP contribution in [0.1, 0.15) is 24.9 Å². The van der Waals surface area contributed by atoms with Crippen molar-refractivity contribution in [2.45, 2.75) is 19.4 Å². The van der Waals surface area contributed by atoms with Gasteiger partial charge in [-0.2, -0.15) is 0 Å². The van der Waals surface area contributed by atoms with E-state index in [1.165, 1.54) is 11.0 Å². The minimum Gasteiger partial charge on any atom is -0.339 e. The van der Waals surface area contributed by atoms with Gasteiger partial charge in [-0.1, -0.05) is 35.9 Å². The van der Waals surface area contributed by atoms with Crippen LogP contribution >= 0.6 is 11.6 Å². The number of hydrogen-bond acceptors (Lipinski definition) is 2. The van der Waals surface area contributed by atoms with Crippen molar-refractivity contribution in [3.05, 3.63) is 64.9 Å². The number of benzene rings is 2. The van der Waals surface area contributed by atoms with Crippen molar-refractivity contribution in [2.75, 3.05) is 18.5 Å². The van der Waals surface area contributed by atoms with Crippen molar-refractivity contribution in [1.82, 2.24) is 4.90 Å². The molecule has 0 bridgehead atoms. The molecular formula is C20H20ClFN2O2. The van der Waals surface area contributed by atoms with Crippen LogP contribution in [0, 0.1) is 11.7 Å². The van der Waals surface area contributed by atoms with Crippen LogP contribution in [0.5, 0.6) is 0 Å². The summed E-state index contributed by atoms with van der Waals surface area (Å²) in [5.74, 6) is -1.31. The van der Waals surface area contributed by atoms with Gasteiger partial charge >= 0.3 is 0 Å². The zero-order chi connectivity index (χ0) is 18.8. The first-order valence-electron chi connectivity index (χ1n) is 8.45. The Balaban J connectivity index is 1.73. The molecule has 2 unspecified atom stereocenters. The fourth-order valence-electron chi connectivity index (χ4n) is 3.22. The van der Waals surface area contributed by atoms with Crippen molar-refractivity contribution >= 4 is 29.1 Å². The molecule has 1 heterocycles. The zero-order valence-corrected chi connectivity index (χ0v) is 15.4. The lowest BCUT2D eigenvalue weighted by molar-refractivity contribution is -0.136. The molecule has 0 aromatic heterocycles. The minimum absolute atomic E-state index is 0.0881. The molecule has 6 heteroatoms. The van der Waals surface area contributed by atoms with E-state index in [-0.39, 0.29) is 36.5 Å². The molecule has 0 spiro atoms. The summed E-state index contributed by atoms with van der Waals surface area (Å²) >= 11 is 5.91. The lowest BCUT2D eigenvalue weighted by Crippen LogP contribution is -2.36. The summed E-state index contributed by atoms with van der Waals surface area (Å²) in [4.78, 5) is 28.2. The highest BCUT2D eigenvalue weighted by atomic mass is 35.5. The Hall–Kier alpha value is -2.40. The van der Waals surface area contributed by atoms with Crippen molar-refractivity contribution in [3.63, 3.8) is 0 Å². The van der Waals surface area contributed by atoms with Crippen LogP contribution < -0.4 is 4.90 Å². The molecule has 0 N–H and O–H groups in total. The fourth-order valence-corrected chi connectivity index (χ4v) is 3.35. The van der Waals surface area contributed by atoms with E-state index in [1.807, 2.05) is 19.1 Å². The van der Waals surface area contributed by atoms with Gasteiger partial charge in [0.2, 0.25) is 11.8 Å². The number of carbonyl (C=O) groups excluding carboxylic acids is 2. The van der Waals surface area contributed by atoms with E-state index < -0.39 is 11.7 Å². The number of carbonyl (C=O) groups is 2. The average Bonchev–Trinajstić information content (AvgIpc) is 3.02. The summed E-state index contributed by atoms with van der Waals surface area (Å²) < 4.78 is 14.0. The van der Waals surface area contributed by atoms with Gasteiger partial charge in [-0.25, -0.2) is 4.39 Å². The van der Waals surface area contributed by atoms with Gasteiger partial charge < -0.3 is 9.80 Å². The van der Waals surface area contributed by atoms with E-state index in [0.717, 1.165) is 5.56 Å². The first kappa shape index (κ1) is 18.4.